The van der Waals surface area contributed by atoms with Gasteiger partial charge >= 0.3 is 5.97 Å². The maximum atomic E-state index is 13.1. The highest BCUT2D eigenvalue weighted by atomic mass is 16.5. The SMILES string of the molecule is COC(=O)c1ccc2[nH]c3c(c2c1)CN(C(=O)c1ccc(OCC2CCCO2)cc1)CC3. The minimum atomic E-state index is -0.368. The first-order valence-electron chi connectivity index (χ1n) is 11.0. The quantitative estimate of drug-likeness (QED) is 0.619. The summed E-state index contributed by atoms with van der Waals surface area (Å²) >= 11 is 0. The second-order valence-electron chi connectivity index (χ2n) is 8.28. The number of aromatic nitrogens is 1. The average Bonchev–Trinajstić information content (AvgIpc) is 3.49. The smallest absolute Gasteiger partial charge is 0.337 e. The number of ether oxygens (including phenoxy) is 3. The molecule has 0 spiro atoms. The van der Waals surface area contributed by atoms with Gasteiger partial charge in [0.05, 0.1) is 18.8 Å². The Morgan fingerprint density at radius 2 is 1.97 bits per heavy atom. The lowest BCUT2D eigenvalue weighted by atomic mass is 10.0. The molecule has 0 bridgehead atoms. The van der Waals surface area contributed by atoms with E-state index in [2.05, 4.69) is 4.98 Å². The van der Waals surface area contributed by atoms with Crippen molar-refractivity contribution in [2.75, 3.05) is 26.9 Å². The van der Waals surface area contributed by atoms with Gasteiger partial charge in [0.25, 0.3) is 5.91 Å². The molecule has 1 N–H and O–H groups in total. The molecular formula is C25H26N2O5. The van der Waals surface area contributed by atoms with Crippen LogP contribution >= 0.6 is 0 Å². The molecule has 0 aliphatic carbocycles. The molecule has 1 saturated heterocycles. The Bertz CT molecular complexity index is 1150. The molecule has 166 valence electrons. The fraction of sp³-hybridized carbons (Fsp3) is 0.360. The minimum Gasteiger partial charge on any atom is -0.491 e. The number of amides is 1. The van der Waals surface area contributed by atoms with Crippen LogP contribution in [0.25, 0.3) is 10.9 Å². The predicted molar refractivity (Wildman–Crippen MR) is 119 cm³/mol. The monoisotopic (exact) mass is 434 g/mol. The van der Waals surface area contributed by atoms with E-state index in [0.717, 1.165) is 53.8 Å². The minimum absolute atomic E-state index is 0.0141. The number of fused-ring (bicyclic) bond motifs is 3. The van der Waals surface area contributed by atoms with Crippen LogP contribution in [0.2, 0.25) is 0 Å². The largest absolute Gasteiger partial charge is 0.491 e. The molecule has 2 aromatic carbocycles. The van der Waals surface area contributed by atoms with Gasteiger partial charge in [0, 0.05) is 53.8 Å². The Hall–Kier alpha value is -3.32. The van der Waals surface area contributed by atoms with E-state index >= 15 is 0 Å². The molecule has 0 saturated carbocycles. The van der Waals surface area contributed by atoms with E-state index in [9.17, 15) is 9.59 Å². The van der Waals surface area contributed by atoms with Gasteiger partial charge < -0.3 is 24.1 Å². The number of nitrogens with zero attached hydrogens (tertiary/aromatic N) is 1. The Labute approximate surface area is 186 Å². The molecule has 3 aromatic rings. The summed E-state index contributed by atoms with van der Waals surface area (Å²) in [5, 5.41) is 0.957. The molecule has 0 radical (unpaired) electrons. The van der Waals surface area contributed by atoms with Crippen molar-refractivity contribution in [3.63, 3.8) is 0 Å². The van der Waals surface area contributed by atoms with Crippen molar-refractivity contribution in [3.05, 3.63) is 64.8 Å². The summed E-state index contributed by atoms with van der Waals surface area (Å²) in [6.45, 7) is 2.48. The summed E-state index contributed by atoms with van der Waals surface area (Å²) in [6.07, 6.45) is 3.02. The fourth-order valence-electron chi connectivity index (χ4n) is 4.47. The van der Waals surface area contributed by atoms with E-state index in [1.165, 1.54) is 7.11 Å². The summed E-state index contributed by atoms with van der Waals surface area (Å²) in [5.74, 6) is 0.358. The molecule has 2 aliphatic heterocycles. The highest BCUT2D eigenvalue weighted by Crippen LogP contribution is 2.29. The first-order valence-corrected chi connectivity index (χ1v) is 11.0. The number of methoxy groups -OCH3 is 1. The molecule has 5 rings (SSSR count). The molecule has 7 heteroatoms. The van der Waals surface area contributed by atoms with Gasteiger partial charge in [-0.15, -0.1) is 0 Å². The van der Waals surface area contributed by atoms with Crippen molar-refractivity contribution in [1.29, 1.82) is 0 Å². The van der Waals surface area contributed by atoms with Gasteiger partial charge in [-0.05, 0) is 55.3 Å². The van der Waals surface area contributed by atoms with Crippen LogP contribution in [0.15, 0.2) is 42.5 Å². The van der Waals surface area contributed by atoms with E-state index in [0.29, 0.717) is 30.8 Å². The number of esters is 1. The summed E-state index contributed by atoms with van der Waals surface area (Å²) < 4.78 is 16.2. The van der Waals surface area contributed by atoms with E-state index in [-0.39, 0.29) is 18.0 Å². The first-order chi connectivity index (χ1) is 15.6. The van der Waals surface area contributed by atoms with Gasteiger partial charge in [-0.25, -0.2) is 4.79 Å². The lowest BCUT2D eigenvalue weighted by Gasteiger charge is -2.27. The first kappa shape index (κ1) is 20.6. The zero-order valence-corrected chi connectivity index (χ0v) is 18.1. The van der Waals surface area contributed by atoms with E-state index in [1.54, 1.807) is 6.07 Å². The van der Waals surface area contributed by atoms with E-state index < -0.39 is 0 Å². The second kappa shape index (κ2) is 8.67. The number of H-pyrrole nitrogens is 1. The van der Waals surface area contributed by atoms with Gasteiger partial charge in [0.15, 0.2) is 0 Å². The van der Waals surface area contributed by atoms with E-state index in [1.807, 2.05) is 41.3 Å². The standard InChI is InChI=1S/C25H26N2O5/c1-30-25(29)17-6-9-22-20(13-17)21-14-27(11-10-23(21)26-22)24(28)16-4-7-18(8-5-16)32-15-19-3-2-12-31-19/h4-9,13,19,26H,2-3,10-12,14-15H2,1H3. The number of hydrogen-bond acceptors (Lipinski definition) is 5. The number of carbonyl (C=O) groups excluding carboxylic acids is 2. The van der Waals surface area contributed by atoms with Crippen molar-refractivity contribution in [1.82, 2.24) is 9.88 Å². The van der Waals surface area contributed by atoms with Crippen LogP contribution in [0.1, 0.15) is 44.8 Å². The molecule has 1 fully saturated rings. The molecule has 1 aromatic heterocycles. The third-order valence-electron chi connectivity index (χ3n) is 6.24. The number of carbonyl (C=O) groups is 2. The van der Waals surface area contributed by atoms with E-state index in [4.69, 9.17) is 14.2 Å². The third kappa shape index (κ3) is 3.96. The number of rotatable bonds is 5. The molecule has 1 unspecified atom stereocenters. The average molecular weight is 434 g/mol. The van der Waals surface area contributed by atoms with Crippen LogP contribution in [0, 0.1) is 0 Å². The second-order valence-corrected chi connectivity index (χ2v) is 8.28. The summed E-state index contributed by atoms with van der Waals surface area (Å²) in [4.78, 5) is 30.4. The maximum Gasteiger partial charge on any atom is 0.337 e. The maximum absolute atomic E-state index is 13.1. The van der Waals surface area contributed by atoms with Gasteiger partial charge in [0.2, 0.25) is 0 Å². The fourth-order valence-corrected chi connectivity index (χ4v) is 4.47. The Balaban J connectivity index is 1.30. The topological polar surface area (TPSA) is 80.9 Å². The van der Waals surface area contributed by atoms with Crippen LogP contribution in [0.5, 0.6) is 5.75 Å². The van der Waals surface area contributed by atoms with Gasteiger partial charge in [-0.3, -0.25) is 4.79 Å². The molecule has 2 aliphatic rings. The molecule has 3 heterocycles. The number of aromatic amines is 1. The van der Waals surface area contributed by atoms with Gasteiger partial charge in [-0.1, -0.05) is 0 Å². The summed E-state index contributed by atoms with van der Waals surface area (Å²) in [7, 11) is 1.37. The lowest BCUT2D eigenvalue weighted by molar-refractivity contribution is 0.0600. The number of nitrogens with one attached hydrogen (secondary N) is 1. The van der Waals surface area contributed by atoms with Crippen molar-refractivity contribution in [3.8, 4) is 5.75 Å². The predicted octanol–water partition coefficient (Wildman–Crippen LogP) is 3.71. The van der Waals surface area contributed by atoms with Crippen molar-refractivity contribution >= 4 is 22.8 Å². The molecule has 1 amide bonds. The van der Waals surface area contributed by atoms with Crippen LogP contribution in [-0.4, -0.2) is 54.7 Å². The van der Waals surface area contributed by atoms with Crippen LogP contribution in [0.3, 0.4) is 0 Å². The molecular weight excluding hydrogens is 408 g/mol. The van der Waals surface area contributed by atoms with Crippen LogP contribution < -0.4 is 4.74 Å². The lowest BCUT2D eigenvalue weighted by Crippen LogP contribution is -2.35. The van der Waals surface area contributed by atoms with Gasteiger partial charge in [-0.2, -0.15) is 0 Å². The highest BCUT2D eigenvalue weighted by Gasteiger charge is 2.25. The third-order valence-corrected chi connectivity index (χ3v) is 6.24. The van der Waals surface area contributed by atoms with Crippen molar-refractivity contribution in [2.24, 2.45) is 0 Å². The Morgan fingerprint density at radius 1 is 1.16 bits per heavy atom. The Kier molecular flexibility index (Phi) is 5.57. The summed E-state index contributed by atoms with van der Waals surface area (Å²) in [6, 6.07) is 12.8. The summed E-state index contributed by atoms with van der Waals surface area (Å²) in [5.41, 5.74) is 4.27. The van der Waals surface area contributed by atoms with Crippen molar-refractivity contribution < 1.29 is 23.8 Å². The van der Waals surface area contributed by atoms with Gasteiger partial charge in [0.1, 0.15) is 12.4 Å². The van der Waals surface area contributed by atoms with Crippen LogP contribution in [0.4, 0.5) is 0 Å². The Morgan fingerprint density at radius 3 is 2.72 bits per heavy atom. The van der Waals surface area contributed by atoms with Crippen LogP contribution in [-0.2, 0) is 22.4 Å². The molecule has 7 nitrogen and oxygen atoms in total. The number of benzene rings is 2. The molecule has 32 heavy (non-hydrogen) atoms. The zero-order valence-electron chi connectivity index (χ0n) is 18.1. The van der Waals surface area contributed by atoms with Crippen molar-refractivity contribution in [2.45, 2.75) is 31.9 Å². The molecule has 1 atom stereocenters. The number of hydrogen-bond donors (Lipinski definition) is 1. The normalized spacial score (nSPS) is 17.9. The zero-order chi connectivity index (χ0) is 22.1. The highest BCUT2D eigenvalue weighted by molar-refractivity contribution is 5.97.